The Morgan fingerprint density at radius 3 is 2.88 bits per heavy atom. The van der Waals surface area contributed by atoms with E-state index >= 15 is 0 Å². The lowest BCUT2D eigenvalue weighted by Gasteiger charge is -2.25. The minimum atomic E-state index is 0.0800. The molecular formula is C19H23N3O2. The van der Waals surface area contributed by atoms with Crippen molar-refractivity contribution in [3.05, 3.63) is 59.9 Å². The van der Waals surface area contributed by atoms with E-state index in [2.05, 4.69) is 16.4 Å². The Kier molecular flexibility index (Phi) is 5.11. The van der Waals surface area contributed by atoms with Gasteiger partial charge in [0.2, 0.25) is 5.91 Å². The van der Waals surface area contributed by atoms with Crippen molar-refractivity contribution in [3.63, 3.8) is 0 Å². The summed E-state index contributed by atoms with van der Waals surface area (Å²) in [7, 11) is 3.56. The van der Waals surface area contributed by atoms with Gasteiger partial charge < -0.3 is 15.0 Å². The van der Waals surface area contributed by atoms with Crippen LogP contribution < -0.4 is 10.1 Å². The van der Waals surface area contributed by atoms with Gasteiger partial charge in [0.15, 0.2) is 0 Å². The van der Waals surface area contributed by atoms with Gasteiger partial charge in [-0.1, -0.05) is 24.3 Å². The third-order valence-corrected chi connectivity index (χ3v) is 4.63. The maximum atomic E-state index is 12.2. The minimum Gasteiger partial charge on any atom is -0.496 e. The summed E-state index contributed by atoms with van der Waals surface area (Å²) in [5.41, 5.74) is 2.21. The van der Waals surface area contributed by atoms with Gasteiger partial charge in [0.1, 0.15) is 5.75 Å². The molecule has 1 aromatic heterocycles. The number of hydrogen-bond donors (Lipinski definition) is 1. The highest BCUT2D eigenvalue weighted by Crippen LogP contribution is 2.36. The lowest BCUT2D eigenvalue weighted by molar-refractivity contribution is -0.127. The van der Waals surface area contributed by atoms with Gasteiger partial charge in [0.25, 0.3) is 0 Å². The Balaban J connectivity index is 1.66. The van der Waals surface area contributed by atoms with Crippen molar-refractivity contribution in [2.24, 2.45) is 5.92 Å². The lowest BCUT2D eigenvalue weighted by Crippen LogP contribution is -2.29. The molecule has 1 saturated heterocycles. The van der Waals surface area contributed by atoms with Gasteiger partial charge in [-0.05, 0) is 17.7 Å². The molecule has 1 aliphatic heterocycles. The first-order chi connectivity index (χ1) is 11.7. The third kappa shape index (κ3) is 3.41. The van der Waals surface area contributed by atoms with Crippen molar-refractivity contribution in [1.82, 2.24) is 15.2 Å². The Labute approximate surface area is 142 Å². The van der Waals surface area contributed by atoms with E-state index in [1.807, 2.05) is 48.5 Å². The van der Waals surface area contributed by atoms with Crippen molar-refractivity contribution in [2.75, 3.05) is 20.7 Å². The van der Waals surface area contributed by atoms with Crippen LogP contribution in [0.5, 0.6) is 5.75 Å². The zero-order valence-electron chi connectivity index (χ0n) is 14.1. The molecule has 24 heavy (non-hydrogen) atoms. The number of hydrogen-bond acceptors (Lipinski definition) is 4. The first-order valence-corrected chi connectivity index (χ1v) is 8.19. The average Bonchev–Trinajstić information content (AvgIpc) is 2.90. The summed E-state index contributed by atoms with van der Waals surface area (Å²) in [5.74, 6) is 1.31. The zero-order valence-corrected chi connectivity index (χ0v) is 14.1. The van der Waals surface area contributed by atoms with Gasteiger partial charge in [0.05, 0.1) is 13.2 Å². The van der Waals surface area contributed by atoms with E-state index < -0.39 is 0 Å². The van der Waals surface area contributed by atoms with Gasteiger partial charge in [-0.2, -0.15) is 0 Å². The summed E-state index contributed by atoms with van der Waals surface area (Å²) >= 11 is 0. The van der Waals surface area contributed by atoms with Gasteiger partial charge in [-0.25, -0.2) is 0 Å². The van der Waals surface area contributed by atoms with Crippen LogP contribution in [0.3, 0.4) is 0 Å². The largest absolute Gasteiger partial charge is 0.496 e. The van der Waals surface area contributed by atoms with E-state index in [9.17, 15) is 4.79 Å². The van der Waals surface area contributed by atoms with E-state index in [4.69, 9.17) is 4.74 Å². The molecule has 0 spiro atoms. The second-order valence-corrected chi connectivity index (χ2v) is 6.14. The van der Waals surface area contributed by atoms with Gasteiger partial charge in [-0.15, -0.1) is 0 Å². The number of ether oxygens (including phenoxy) is 1. The summed E-state index contributed by atoms with van der Waals surface area (Å²) in [6.45, 7) is 1.49. The molecule has 0 saturated carbocycles. The number of aromatic nitrogens is 1. The molecule has 126 valence electrons. The number of carbonyl (C=O) groups is 1. The number of rotatable bonds is 6. The number of carbonyl (C=O) groups excluding carboxylic acids is 1. The molecule has 5 heteroatoms. The number of nitrogens with zero attached hydrogens (tertiary/aromatic N) is 2. The van der Waals surface area contributed by atoms with Crippen LogP contribution in [0.4, 0.5) is 0 Å². The van der Waals surface area contributed by atoms with Crippen LogP contribution in [0.1, 0.15) is 23.6 Å². The molecule has 5 nitrogen and oxygen atoms in total. The summed E-state index contributed by atoms with van der Waals surface area (Å²) in [5, 5.41) is 3.48. The third-order valence-electron chi connectivity index (χ3n) is 4.63. The van der Waals surface area contributed by atoms with E-state index in [1.54, 1.807) is 13.3 Å². The smallest absolute Gasteiger partial charge is 0.223 e. The molecule has 1 N–H and O–H groups in total. The molecule has 3 rings (SSSR count). The molecule has 2 atom stereocenters. The predicted octanol–water partition coefficient (Wildman–Crippen LogP) is 2.40. The number of likely N-dealkylation sites (tertiary alicyclic amines) is 1. The van der Waals surface area contributed by atoms with Crippen molar-refractivity contribution in [2.45, 2.75) is 19.0 Å². The molecule has 1 aromatic carbocycles. The lowest BCUT2D eigenvalue weighted by atomic mass is 9.94. The summed E-state index contributed by atoms with van der Waals surface area (Å²) < 4.78 is 5.38. The first-order valence-electron chi connectivity index (χ1n) is 8.19. The molecule has 0 unspecified atom stereocenters. The summed E-state index contributed by atoms with van der Waals surface area (Å²) in [6, 6.07) is 12.0. The number of nitrogens with one attached hydrogen (secondary N) is 1. The van der Waals surface area contributed by atoms with E-state index in [0.717, 1.165) is 30.0 Å². The number of pyridine rings is 1. The van der Waals surface area contributed by atoms with Gasteiger partial charge in [0, 0.05) is 50.4 Å². The van der Waals surface area contributed by atoms with Crippen molar-refractivity contribution in [1.29, 1.82) is 0 Å². The van der Waals surface area contributed by atoms with Crippen molar-refractivity contribution in [3.8, 4) is 5.75 Å². The van der Waals surface area contributed by atoms with Crippen LogP contribution in [0.25, 0.3) is 0 Å². The number of benzene rings is 1. The van der Waals surface area contributed by atoms with E-state index in [-0.39, 0.29) is 17.9 Å². The standard InChI is InChI=1S/C19H23N3O2/c1-22-18(23)10-16(19(22)15-7-5-9-20-12-15)13-21-11-14-6-3-4-8-17(14)24-2/h3-9,12,16,19,21H,10-11,13H2,1-2H3/t16-,19-/m0/s1. The van der Waals surface area contributed by atoms with Crippen LogP contribution in [-0.2, 0) is 11.3 Å². The van der Waals surface area contributed by atoms with E-state index in [1.165, 1.54) is 0 Å². The van der Waals surface area contributed by atoms with Crippen molar-refractivity contribution >= 4 is 5.91 Å². The second kappa shape index (κ2) is 7.45. The fourth-order valence-electron chi connectivity index (χ4n) is 3.42. The highest BCUT2D eigenvalue weighted by Gasteiger charge is 2.38. The molecule has 2 heterocycles. The van der Waals surface area contributed by atoms with Crippen LogP contribution in [0.2, 0.25) is 0 Å². The van der Waals surface area contributed by atoms with Crippen LogP contribution in [0, 0.1) is 5.92 Å². The Morgan fingerprint density at radius 2 is 2.12 bits per heavy atom. The maximum Gasteiger partial charge on any atom is 0.223 e. The molecule has 0 bridgehead atoms. The van der Waals surface area contributed by atoms with Crippen LogP contribution in [0.15, 0.2) is 48.8 Å². The van der Waals surface area contributed by atoms with E-state index in [0.29, 0.717) is 6.42 Å². The minimum absolute atomic E-state index is 0.0800. The highest BCUT2D eigenvalue weighted by molar-refractivity contribution is 5.79. The van der Waals surface area contributed by atoms with Crippen LogP contribution in [-0.4, -0.2) is 36.5 Å². The Bertz CT molecular complexity index is 690. The second-order valence-electron chi connectivity index (χ2n) is 6.14. The number of methoxy groups -OCH3 is 1. The molecule has 0 radical (unpaired) electrons. The normalized spacial score (nSPS) is 20.4. The Morgan fingerprint density at radius 1 is 1.29 bits per heavy atom. The molecule has 1 fully saturated rings. The van der Waals surface area contributed by atoms with Gasteiger partial charge in [-0.3, -0.25) is 9.78 Å². The fourth-order valence-corrected chi connectivity index (χ4v) is 3.42. The van der Waals surface area contributed by atoms with Crippen LogP contribution >= 0.6 is 0 Å². The molecular weight excluding hydrogens is 302 g/mol. The molecule has 2 aromatic rings. The monoisotopic (exact) mass is 325 g/mol. The quantitative estimate of drug-likeness (QED) is 0.886. The summed E-state index contributed by atoms with van der Waals surface area (Å²) in [6.07, 6.45) is 4.18. The maximum absolute atomic E-state index is 12.2. The van der Waals surface area contributed by atoms with Gasteiger partial charge >= 0.3 is 0 Å². The summed E-state index contributed by atoms with van der Waals surface area (Å²) in [4.78, 5) is 18.2. The van der Waals surface area contributed by atoms with Crippen molar-refractivity contribution < 1.29 is 9.53 Å². The number of amides is 1. The molecule has 0 aliphatic carbocycles. The number of para-hydroxylation sites is 1. The first kappa shape index (κ1) is 16.5. The SMILES string of the molecule is COc1ccccc1CNC[C@@H]1CC(=O)N(C)[C@H]1c1cccnc1. The topological polar surface area (TPSA) is 54.5 Å². The molecule has 1 amide bonds. The Hall–Kier alpha value is -2.40. The fraction of sp³-hybridized carbons (Fsp3) is 0.368. The zero-order chi connectivity index (χ0) is 16.9. The highest BCUT2D eigenvalue weighted by atomic mass is 16.5. The molecule has 1 aliphatic rings. The predicted molar refractivity (Wildman–Crippen MR) is 92.6 cm³/mol. The average molecular weight is 325 g/mol.